The smallest absolute Gasteiger partial charge is 0.406 e. The summed E-state index contributed by atoms with van der Waals surface area (Å²) in [5.41, 5.74) is 0.372. The number of benzene rings is 1. The van der Waals surface area contributed by atoms with Gasteiger partial charge in [0.1, 0.15) is 17.5 Å². The molecular weight excluding hydrogens is 423 g/mol. The molecule has 0 aliphatic heterocycles. The number of hydrogen-bond acceptors (Lipinski definition) is 7. The predicted molar refractivity (Wildman–Crippen MR) is 108 cm³/mol. The van der Waals surface area contributed by atoms with Gasteiger partial charge in [-0.3, -0.25) is 4.79 Å². The van der Waals surface area contributed by atoms with E-state index in [0.29, 0.717) is 12.0 Å². The quantitative estimate of drug-likeness (QED) is 0.251. The third-order valence-corrected chi connectivity index (χ3v) is 5.01. The average molecular weight is 439 g/mol. The minimum absolute atomic E-state index is 0.0175. The van der Waals surface area contributed by atoms with Gasteiger partial charge in [0.15, 0.2) is 16.6 Å². The van der Waals surface area contributed by atoms with Gasteiger partial charge in [0.2, 0.25) is 0 Å². The number of anilines is 1. The molecule has 9 nitrogen and oxygen atoms in total. The second-order valence-corrected chi connectivity index (χ2v) is 7.21. The van der Waals surface area contributed by atoms with E-state index in [1.54, 1.807) is 19.1 Å². The molecule has 3 rings (SSSR count). The van der Waals surface area contributed by atoms with Gasteiger partial charge in [-0.1, -0.05) is 42.4 Å². The molecule has 12 heteroatoms. The van der Waals surface area contributed by atoms with E-state index in [9.17, 15) is 14.0 Å². The highest BCUT2D eigenvalue weighted by Crippen LogP contribution is 2.27. The van der Waals surface area contributed by atoms with Crippen LogP contribution in [-0.4, -0.2) is 37.3 Å². The number of rotatable bonds is 7. The molecule has 1 unspecified atom stereocenters. The van der Waals surface area contributed by atoms with E-state index in [4.69, 9.17) is 16.7 Å². The molecule has 1 amide bonds. The van der Waals surface area contributed by atoms with Gasteiger partial charge in [-0.2, -0.15) is 0 Å². The lowest BCUT2D eigenvalue weighted by Crippen LogP contribution is -2.39. The lowest BCUT2D eigenvalue weighted by atomic mass is 10.2. The number of thioether (sulfide) groups is 1. The maximum Gasteiger partial charge on any atom is 0.406 e. The summed E-state index contributed by atoms with van der Waals surface area (Å²) in [4.78, 5) is 37.8. The summed E-state index contributed by atoms with van der Waals surface area (Å²) in [6.07, 6.45) is -0.328. The number of aromatic amines is 1. The molecular formula is C17H16ClFN6O3S. The Labute approximate surface area is 173 Å². The van der Waals surface area contributed by atoms with Gasteiger partial charge >= 0.3 is 6.09 Å². The van der Waals surface area contributed by atoms with Crippen LogP contribution in [0.4, 0.5) is 15.0 Å². The summed E-state index contributed by atoms with van der Waals surface area (Å²) < 4.78 is 14.1. The Bertz CT molecular complexity index is 1110. The highest BCUT2D eigenvalue weighted by molar-refractivity contribution is 7.98. The summed E-state index contributed by atoms with van der Waals surface area (Å²) in [5.74, 6) is -0.0830. The number of amides is 1. The van der Waals surface area contributed by atoms with E-state index < -0.39 is 23.6 Å². The number of fused-ring (bicyclic) bond motifs is 1. The lowest BCUT2D eigenvalue weighted by Gasteiger charge is -2.18. The number of halogens is 2. The van der Waals surface area contributed by atoms with Gasteiger partial charge in [-0.15, -0.1) is 0 Å². The van der Waals surface area contributed by atoms with Crippen molar-refractivity contribution in [2.24, 2.45) is 0 Å². The predicted octanol–water partition coefficient (Wildman–Crippen LogP) is 3.21. The number of aromatic nitrogens is 4. The first-order valence-electron chi connectivity index (χ1n) is 8.46. The highest BCUT2D eigenvalue weighted by atomic mass is 35.5. The first kappa shape index (κ1) is 20.8. The van der Waals surface area contributed by atoms with Crippen molar-refractivity contribution in [3.05, 3.63) is 51.2 Å². The van der Waals surface area contributed by atoms with Crippen molar-refractivity contribution in [1.82, 2.24) is 25.3 Å². The number of hydrogen-bond donors (Lipinski definition) is 4. The Morgan fingerprint density at radius 3 is 2.93 bits per heavy atom. The fourth-order valence-electron chi connectivity index (χ4n) is 2.44. The van der Waals surface area contributed by atoms with Gasteiger partial charge in [0.05, 0.1) is 11.2 Å². The first-order valence-corrected chi connectivity index (χ1v) is 9.82. The number of nitrogens with zero attached hydrogens (tertiary/aromatic N) is 3. The molecule has 2 aromatic heterocycles. The zero-order chi connectivity index (χ0) is 21.0. The second kappa shape index (κ2) is 9.05. The molecule has 0 radical (unpaired) electrons. The zero-order valence-electron chi connectivity index (χ0n) is 15.1. The van der Waals surface area contributed by atoms with Gasteiger partial charge in [-0.25, -0.2) is 24.1 Å². The Morgan fingerprint density at radius 2 is 2.21 bits per heavy atom. The van der Waals surface area contributed by atoms with Crippen LogP contribution in [0.1, 0.15) is 18.9 Å². The molecule has 2 heterocycles. The van der Waals surface area contributed by atoms with Gasteiger partial charge in [0.25, 0.3) is 5.56 Å². The van der Waals surface area contributed by atoms with E-state index in [1.807, 2.05) is 0 Å². The third kappa shape index (κ3) is 5.12. The van der Waals surface area contributed by atoms with Crippen LogP contribution in [0, 0.1) is 5.82 Å². The maximum absolute atomic E-state index is 14.1. The number of carboxylic acid groups (broad SMARTS) is 1. The molecule has 0 saturated heterocycles. The van der Waals surface area contributed by atoms with Crippen LogP contribution >= 0.6 is 23.4 Å². The number of nitrogens with one attached hydrogen (secondary N) is 3. The Morgan fingerprint density at radius 1 is 1.41 bits per heavy atom. The van der Waals surface area contributed by atoms with Crippen LogP contribution in [0.25, 0.3) is 11.2 Å². The van der Waals surface area contributed by atoms with Crippen molar-refractivity contribution in [2.75, 3.05) is 5.32 Å². The van der Waals surface area contributed by atoms with Crippen molar-refractivity contribution in [3.8, 4) is 0 Å². The normalized spacial score (nSPS) is 12.0. The topological polar surface area (TPSA) is 133 Å². The molecule has 29 heavy (non-hydrogen) atoms. The fraction of sp³-hybridized carbons (Fsp3) is 0.235. The summed E-state index contributed by atoms with van der Waals surface area (Å²) in [6.45, 7) is 1.78. The molecule has 0 spiro atoms. The van der Waals surface area contributed by atoms with E-state index in [2.05, 4.69) is 30.6 Å². The number of carbonyl (C=O) groups is 1. The first-order chi connectivity index (χ1) is 13.9. The second-order valence-electron chi connectivity index (χ2n) is 5.86. The zero-order valence-corrected chi connectivity index (χ0v) is 16.6. The Balaban J connectivity index is 1.94. The molecule has 3 aromatic rings. The molecule has 1 aromatic carbocycles. The van der Waals surface area contributed by atoms with Crippen molar-refractivity contribution in [3.63, 3.8) is 0 Å². The van der Waals surface area contributed by atoms with Crippen LogP contribution in [0.3, 0.4) is 0 Å². The molecule has 4 N–H and O–H groups in total. The fourth-order valence-corrected chi connectivity index (χ4v) is 3.45. The Hall–Kier alpha value is -2.92. The lowest BCUT2D eigenvalue weighted by molar-refractivity contribution is 0.191. The van der Waals surface area contributed by atoms with Crippen LogP contribution in [0.2, 0.25) is 5.02 Å². The monoisotopic (exact) mass is 438 g/mol. The van der Waals surface area contributed by atoms with Crippen molar-refractivity contribution in [1.29, 1.82) is 0 Å². The maximum atomic E-state index is 14.1. The van der Waals surface area contributed by atoms with E-state index >= 15 is 0 Å². The van der Waals surface area contributed by atoms with Crippen LogP contribution in [0.15, 0.2) is 34.3 Å². The largest absolute Gasteiger partial charge is 0.465 e. The third-order valence-electron chi connectivity index (χ3n) is 3.82. The molecule has 0 saturated carbocycles. The molecule has 0 aliphatic rings. The van der Waals surface area contributed by atoms with E-state index in [-0.39, 0.29) is 32.9 Å². The van der Waals surface area contributed by atoms with E-state index in [1.165, 1.54) is 6.07 Å². The van der Waals surface area contributed by atoms with Crippen LogP contribution < -0.4 is 16.2 Å². The van der Waals surface area contributed by atoms with Crippen LogP contribution in [0.5, 0.6) is 0 Å². The highest BCUT2D eigenvalue weighted by Gasteiger charge is 2.16. The minimum atomic E-state index is -1.20. The molecule has 152 valence electrons. The van der Waals surface area contributed by atoms with Crippen molar-refractivity contribution < 1.29 is 14.3 Å². The standard InChI is InChI=1S/C17H16ClFN6O3S/c1-2-10(22-17(27)28)21-14-13-15(23-11(26)6-20-13)25-16(24-14)29-7-8-4-3-5-9(18)12(8)19/h3-6,10,22H,2,7H2,1H3,(H,27,28)(H2,21,23,24,25,26). The molecule has 0 bridgehead atoms. The minimum Gasteiger partial charge on any atom is -0.465 e. The Kier molecular flexibility index (Phi) is 6.49. The molecule has 1 atom stereocenters. The van der Waals surface area contributed by atoms with Gasteiger partial charge in [-0.05, 0) is 18.1 Å². The summed E-state index contributed by atoms with van der Waals surface area (Å²) in [6, 6.07) is 4.69. The average Bonchev–Trinajstić information content (AvgIpc) is 2.67. The van der Waals surface area contributed by atoms with Crippen LogP contribution in [-0.2, 0) is 5.75 Å². The summed E-state index contributed by atoms with van der Waals surface area (Å²) in [5, 5.41) is 14.5. The summed E-state index contributed by atoms with van der Waals surface area (Å²) in [7, 11) is 0. The molecule has 0 fully saturated rings. The summed E-state index contributed by atoms with van der Waals surface area (Å²) >= 11 is 6.94. The van der Waals surface area contributed by atoms with Gasteiger partial charge in [0, 0.05) is 5.75 Å². The van der Waals surface area contributed by atoms with Crippen molar-refractivity contribution in [2.45, 2.75) is 30.4 Å². The van der Waals surface area contributed by atoms with E-state index in [0.717, 1.165) is 18.0 Å². The number of H-pyrrole nitrogens is 1. The molecule has 0 aliphatic carbocycles. The SMILES string of the molecule is CCC(NC(=O)O)Nc1nc(SCc2cccc(Cl)c2F)nc2[nH]c(=O)cnc12. The van der Waals surface area contributed by atoms with Gasteiger partial charge < -0.3 is 20.7 Å². The van der Waals surface area contributed by atoms with Crippen molar-refractivity contribution >= 4 is 46.4 Å².